The van der Waals surface area contributed by atoms with Crippen LogP contribution in [-0.4, -0.2) is 41.8 Å². The zero-order chi connectivity index (χ0) is 13.6. The Bertz CT molecular complexity index is 495. The highest BCUT2D eigenvalue weighted by molar-refractivity contribution is 7.89. The van der Waals surface area contributed by atoms with E-state index in [0.29, 0.717) is 12.2 Å². The number of ether oxygens (including phenoxy) is 2. The van der Waals surface area contributed by atoms with Gasteiger partial charge in [-0.1, -0.05) is 0 Å². The van der Waals surface area contributed by atoms with E-state index in [1.807, 2.05) is 0 Å². The second-order valence-corrected chi connectivity index (χ2v) is 5.17. The molecule has 0 unspecified atom stereocenters. The molecule has 1 rings (SSSR count). The van der Waals surface area contributed by atoms with Gasteiger partial charge in [0.05, 0.1) is 24.2 Å². The van der Waals surface area contributed by atoms with E-state index < -0.39 is 16.0 Å². The number of esters is 1. The van der Waals surface area contributed by atoms with Gasteiger partial charge in [-0.2, -0.15) is 0 Å². The van der Waals surface area contributed by atoms with E-state index in [0.717, 1.165) is 0 Å². The molecule has 0 saturated carbocycles. The molecule has 0 aliphatic carbocycles. The first-order valence-electron chi connectivity index (χ1n) is 5.18. The highest BCUT2D eigenvalue weighted by atomic mass is 32.2. The number of nitrogens with one attached hydrogen (secondary N) is 1. The zero-order valence-electron chi connectivity index (χ0n) is 10.2. The fourth-order valence-electron chi connectivity index (χ4n) is 1.25. The van der Waals surface area contributed by atoms with Crippen LogP contribution in [0.3, 0.4) is 0 Å². The smallest absolute Gasteiger partial charge is 0.337 e. The molecule has 0 fully saturated rings. The van der Waals surface area contributed by atoms with E-state index in [1.165, 1.54) is 38.5 Å². The number of carbonyl (C=O) groups is 1. The monoisotopic (exact) mass is 273 g/mol. The molecule has 18 heavy (non-hydrogen) atoms. The first kappa shape index (κ1) is 14.6. The maximum absolute atomic E-state index is 11.8. The molecule has 6 nitrogen and oxygen atoms in total. The van der Waals surface area contributed by atoms with Crippen LogP contribution >= 0.6 is 0 Å². The Balaban J connectivity index is 2.81. The topological polar surface area (TPSA) is 81.7 Å². The molecule has 100 valence electrons. The molecule has 0 spiro atoms. The number of benzene rings is 1. The van der Waals surface area contributed by atoms with Crippen molar-refractivity contribution in [3.05, 3.63) is 29.8 Å². The first-order valence-corrected chi connectivity index (χ1v) is 6.66. The summed E-state index contributed by atoms with van der Waals surface area (Å²) < 4.78 is 35.2. The fourth-order valence-corrected chi connectivity index (χ4v) is 2.26. The molecular weight excluding hydrogens is 258 g/mol. The van der Waals surface area contributed by atoms with Crippen molar-refractivity contribution in [1.29, 1.82) is 0 Å². The van der Waals surface area contributed by atoms with Gasteiger partial charge in [0.25, 0.3) is 0 Å². The fraction of sp³-hybridized carbons (Fsp3) is 0.364. The summed E-state index contributed by atoms with van der Waals surface area (Å²) >= 11 is 0. The van der Waals surface area contributed by atoms with Gasteiger partial charge in [-0.3, -0.25) is 0 Å². The standard InChI is InChI=1S/C11H15NO5S/c1-16-8-7-12-18(14,15)10-5-3-9(4-6-10)11(13)17-2/h3-6,12H,7-8H2,1-2H3. The van der Waals surface area contributed by atoms with Crippen molar-refractivity contribution in [1.82, 2.24) is 4.72 Å². The van der Waals surface area contributed by atoms with Crippen LogP contribution in [0, 0.1) is 0 Å². The third kappa shape index (κ3) is 3.80. The van der Waals surface area contributed by atoms with Gasteiger partial charge in [-0.05, 0) is 24.3 Å². The normalized spacial score (nSPS) is 11.2. The molecule has 0 atom stereocenters. The Morgan fingerprint density at radius 3 is 2.33 bits per heavy atom. The molecule has 0 radical (unpaired) electrons. The second-order valence-electron chi connectivity index (χ2n) is 3.41. The van der Waals surface area contributed by atoms with Crippen molar-refractivity contribution in [3.63, 3.8) is 0 Å². The number of rotatable bonds is 6. The lowest BCUT2D eigenvalue weighted by Crippen LogP contribution is -2.27. The van der Waals surface area contributed by atoms with E-state index >= 15 is 0 Å². The zero-order valence-corrected chi connectivity index (χ0v) is 11.0. The maximum atomic E-state index is 11.8. The predicted octanol–water partition coefficient (Wildman–Crippen LogP) is 0.398. The summed E-state index contributed by atoms with van der Waals surface area (Å²) in [4.78, 5) is 11.3. The van der Waals surface area contributed by atoms with Crippen molar-refractivity contribution in [2.45, 2.75) is 4.90 Å². The molecule has 0 aliphatic heterocycles. The van der Waals surface area contributed by atoms with Crippen LogP contribution < -0.4 is 4.72 Å². The van der Waals surface area contributed by atoms with Crippen molar-refractivity contribution in [2.75, 3.05) is 27.4 Å². The third-order valence-corrected chi connectivity index (χ3v) is 3.66. The lowest BCUT2D eigenvalue weighted by atomic mass is 10.2. The Labute approximate surface area is 106 Å². The highest BCUT2D eigenvalue weighted by Gasteiger charge is 2.14. The molecule has 1 N–H and O–H groups in total. The minimum Gasteiger partial charge on any atom is -0.465 e. The van der Waals surface area contributed by atoms with Crippen molar-refractivity contribution >= 4 is 16.0 Å². The van der Waals surface area contributed by atoms with E-state index in [9.17, 15) is 13.2 Å². The average molecular weight is 273 g/mol. The van der Waals surface area contributed by atoms with Crippen LogP contribution in [0.1, 0.15) is 10.4 Å². The molecule has 0 aromatic heterocycles. The second kappa shape index (κ2) is 6.48. The quantitative estimate of drug-likeness (QED) is 0.599. The summed E-state index contributed by atoms with van der Waals surface area (Å²) in [7, 11) is -0.815. The van der Waals surface area contributed by atoms with Crippen LogP contribution in [0.2, 0.25) is 0 Å². The molecule has 1 aromatic rings. The van der Waals surface area contributed by atoms with E-state index in [2.05, 4.69) is 9.46 Å². The molecule has 0 heterocycles. The van der Waals surface area contributed by atoms with Crippen molar-refractivity contribution < 1.29 is 22.7 Å². The van der Waals surface area contributed by atoms with E-state index in [4.69, 9.17) is 4.74 Å². The van der Waals surface area contributed by atoms with Gasteiger partial charge in [0.1, 0.15) is 0 Å². The Morgan fingerprint density at radius 1 is 1.22 bits per heavy atom. The van der Waals surface area contributed by atoms with Crippen LogP contribution in [0.4, 0.5) is 0 Å². The predicted molar refractivity (Wildman–Crippen MR) is 64.8 cm³/mol. The van der Waals surface area contributed by atoms with E-state index in [-0.39, 0.29) is 11.4 Å². The van der Waals surface area contributed by atoms with Crippen molar-refractivity contribution in [2.24, 2.45) is 0 Å². The molecular formula is C11H15NO5S. The van der Waals surface area contributed by atoms with Crippen LogP contribution in [0.25, 0.3) is 0 Å². The van der Waals surface area contributed by atoms with Crippen LogP contribution in [0.5, 0.6) is 0 Å². The van der Waals surface area contributed by atoms with Crippen LogP contribution in [-0.2, 0) is 19.5 Å². The maximum Gasteiger partial charge on any atom is 0.337 e. The molecule has 0 saturated heterocycles. The summed E-state index contributed by atoms with van der Waals surface area (Å²) in [6.45, 7) is 0.483. The van der Waals surface area contributed by atoms with Gasteiger partial charge < -0.3 is 9.47 Å². The summed E-state index contributed by atoms with van der Waals surface area (Å²) in [5, 5.41) is 0. The third-order valence-electron chi connectivity index (χ3n) is 2.18. The average Bonchev–Trinajstić information content (AvgIpc) is 2.38. The number of hydrogen-bond acceptors (Lipinski definition) is 5. The van der Waals surface area contributed by atoms with Gasteiger partial charge in [0, 0.05) is 13.7 Å². The number of hydrogen-bond donors (Lipinski definition) is 1. The summed E-state index contributed by atoms with van der Waals surface area (Å²) in [6.07, 6.45) is 0. The molecule has 1 aromatic carbocycles. The molecule has 7 heteroatoms. The highest BCUT2D eigenvalue weighted by Crippen LogP contribution is 2.10. The lowest BCUT2D eigenvalue weighted by Gasteiger charge is -2.06. The summed E-state index contributed by atoms with van der Waals surface area (Å²) in [6, 6.07) is 5.50. The number of carbonyl (C=O) groups excluding carboxylic acids is 1. The van der Waals surface area contributed by atoms with E-state index in [1.54, 1.807) is 0 Å². The lowest BCUT2D eigenvalue weighted by molar-refractivity contribution is 0.0600. The molecule has 0 aliphatic rings. The SMILES string of the molecule is COCCNS(=O)(=O)c1ccc(C(=O)OC)cc1. The van der Waals surface area contributed by atoms with Gasteiger partial charge in [-0.15, -0.1) is 0 Å². The summed E-state index contributed by atoms with van der Waals surface area (Å²) in [5.41, 5.74) is 0.299. The Kier molecular flexibility index (Phi) is 5.26. The molecule has 0 amide bonds. The van der Waals surface area contributed by atoms with Crippen LogP contribution in [0.15, 0.2) is 29.2 Å². The number of sulfonamides is 1. The van der Waals surface area contributed by atoms with Gasteiger partial charge >= 0.3 is 5.97 Å². The first-order chi connectivity index (χ1) is 8.51. The Hall–Kier alpha value is -1.44. The molecule has 0 bridgehead atoms. The number of methoxy groups -OCH3 is 2. The van der Waals surface area contributed by atoms with Gasteiger partial charge in [0.2, 0.25) is 10.0 Å². The Morgan fingerprint density at radius 2 is 1.83 bits per heavy atom. The van der Waals surface area contributed by atoms with Gasteiger partial charge in [0.15, 0.2) is 0 Å². The minimum absolute atomic E-state index is 0.0891. The largest absolute Gasteiger partial charge is 0.465 e. The van der Waals surface area contributed by atoms with Crippen molar-refractivity contribution in [3.8, 4) is 0 Å². The van der Waals surface area contributed by atoms with Gasteiger partial charge in [-0.25, -0.2) is 17.9 Å². The summed E-state index contributed by atoms with van der Waals surface area (Å²) in [5.74, 6) is -0.508. The minimum atomic E-state index is -3.56.